The quantitative estimate of drug-likeness (QED) is 0.699. The highest BCUT2D eigenvalue weighted by Gasteiger charge is 2.42. The second-order valence-electron chi connectivity index (χ2n) is 8.22. The number of ether oxygens (including phenoxy) is 4. The lowest BCUT2D eigenvalue weighted by molar-refractivity contribution is -0.922. The molecule has 2 aromatic carbocycles. The third-order valence-corrected chi connectivity index (χ3v) is 6.08. The van der Waals surface area contributed by atoms with E-state index in [0.717, 1.165) is 40.1 Å². The summed E-state index contributed by atoms with van der Waals surface area (Å²) in [4.78, 5) is 13.1. The van der Waals surface area contributed by atoms with Crippen molar-refractivity contribution in [3.63, 3.8) is 0 Å². The molecular formula is C23H28NO5+. The molecule has 2 aromatic rings. The van der Waals surface area contributed by atoms with Crippen molar-refractivity contribution in [1.29, 1.82) is 0 Å². The van der Waals surface area contributed by atoms with Crippen molar-refractivity contribution in [2.24, 2.45) is 0 Å². The first-order valence-corrected chi connectivity index (χ1v) is 9.90. The van der Waals surface area contributed by atoms with Gasteiger partial charge in [0.05, 0.1) is 46.8 Å². The fourth-order valence-corrected chi connectivity index (χ4v) is 4.46. The Balaban J connectivity index is 1.67. The van der Waals surface area contributed by atoms with Gasteiger partial charge >= 0.3 is 0 Å². The van der Waals surface area contributed by atoms with Crippen molar-refractivity contribution in [2.75, 3.05) is 41.7 Å². The van der Waals surface area contributed by atoms with Crippen molar-refractivity contribution in [2.45, 2.75) is 25.3 Å². The van der Waals surface area contributed by atoms with E-state index in [1.807, 2.05) is 24.3 Å². The smallest absolute Gasteiger partial charge is 0.231 e. The van der Waals surface area contributed by atoms with Gasteiger partial charge in [0.2, 0.25) is 12.5 Å². The minimum absolute atomic E-state index is 0.00888. The fraction of sp³-hybridized carbons (Fsp3) is 0.435. The zero-order valence-electron chi connectivity index (χ0n) is 17.5. The fourth-order valence-electron chi connectivity index (χ4n) is 4.46. The second kappa shape index (κ2) is 7.59. The summed E-state index contributed by atoms with van der Waals surface area (Å²) in [5.41, 5.74) is 3.17. The van der Waals surface area contributed by atoms with Gasteiger partial charge in [-0.25, -0.2) is 0 Å². The highest BCUT2D eigenvalue weighted by Crippen LogP contribution is 2.51. The SMILES string of the molecule is COc1ccccc1CC(=O)C[C@@H]1c2c(cc3c(c2OC)OCO3)CC[N+]1(C)C. The molecule has 2 aliphatic heterocycles. The van der Waals surface area contributed by atoms with Crippen LogP contribution in [-0.2, 0) is 17.6 Å². The predicted molar refractivity (Wildman–Crippen MR) is 109 cm³/mol. The Morgan fingerprint density at radius 3 is 2.72 bits per heavy atom. The number of carbonyl (C=O) groups is 1. The first kappa shape index (κ1) is 19.6. The number of benzene rings is 2. The van der Waals surface area contributed by atoms with Gasteiger partial charge in [0, 0.05) is 18.4 Å². The number of hydrogen-bond donors (Lipinski definition) is 0. The number of para-hydroxylation sites is 1. The topological polar surface area (TPSA) is 54.0 Å². The molecule has 0 aliphatic carbocycles. The monoisotopic (exact) mass is 398 g/mol. The number of carbonyl (C=O) groups excluding carboxylic acids is 1. The summed E-state index contributed by atoms with van der Waals surface area (Å²) in [7, 11) is 7.64. The molecular weight excluding hydrogens is 370 g/mol. The second-order valence-corrected chi connectivity index (χ2v) is 8.22. The van der Waals surface area contributed by atoms with Gasteiger partial charge in [-0.15, -0.1) is 0 Å². The highest BCUT2D eigenvalue weighted by molar-refractivity contribution is 5.82. The number of likely N-dealkylation sites (N-methyl/N-ethyl adjacent to an activating group) is 1. The molecule has 154 valence electrons. The van der Waals surface area contributed by atoms with Crippen molar-refractivity contribution in [3.05, 3.63) is 47.0 Å². The van der Waals surface area contributed by atoms with E-state index in [0.29, 0.717) is 24.3 Å². The van der Waals surface area contributed by atoms with E-state index in [9.17, 15) is 4.79 Å². The van der Waals surface area contributed by atoms with Crippen LogP contribution in [0.4, 0.5) is 0 Å². The molecule has 0 spiro atoms. The third kappa shape index (κ3) is 3.53. The number of quaternary nitrogens is 1. The molecule has 6 heteroatoms. The maximum Gasteiger partial charge on any atom is 0.231 e. The van der Waals surface area contributed by atoms with Crippen LogP contribution in [0.2, 0.25) is 0 Å². The molecule has 2 aliphatic rings. The molecule has 0 saturated heterocycles. The van der Waals surface area contributed by atoms with Gasteiger partial charge in [-0.2, -0.15) is 0 Å². The van der Waals surface area contributed by atoms with Gasteiger partial charge < -0.3 is 23.4 Å². The van der Waals surface area contributed by atoms with E-state index in [1.54, 1.807) is 14.2 Å². The average Bonchev–Trinajstić information content (AvgIpc) is 3.17. The molecule has 1 atom stereocenters. The maximum atomic E-state index is 13.1. The molecule has 0 fully saturated rings. The average molecular weight is 398 g/mol. The molecule has 0 unspecified atom stereocenters. The summed E-state index contributed by atoms with van der Waals surface area (Å²) < 4.78 is 23.2. The number of Topliss-reactive ketones (excluding diaryl/α,β-unsaturated/α-hetero) is 1. The van der Waals surface area contributed by atoms with Crippen LogP contribution in [0.5, 0.6) is 23.0 Å². The minimum atomic E-state index is -0.00888. The van der Waals surface area contributed by atoms with Gasteiger partial charge in [0.15, 0.2) is 11.5 Å². The molecule has 6 nitrogen and oxygen atoms in total. The van der Waals surface area contributed by atoms with E-state index in [4.69, 9.17) is 18.9 Å². The maximum absolute atomic E-state index is 13.1. The molecule has 0 aromatic heterocycles. The number of nitrogens with zero attached hydrogens (tertiary/aromatic N) is 1. The summed E-state index contributed by atoms with van der Waals surface area (Å²) >= 11 is 0. The largest absolute Gasteiger partial charge is 0.496 e. The van der Waals surface area contributed by atoms with Gasteiger partial charge in [0.1, 0.15) is 17.6 Å². The Labute approximate surface area is 171 Å². The Morgan fingerprint density at radius 2 is 1.97 bits per heavy atom. The Kier molecular flexibility index (Phi) is 5.13. The van der Waals surface area contributed by atoms with Gasteiger partial charge in [-0.1, -0.05) is 18.2 Å². The van der Waals surface area contributed by atoms with Crippen molar-refractivity contribution >= 4 is 5.78 Å². The first-order chi connectivity index (χ1) is 13.9. The van der Waals surface area contributed by atoms with Crippen molar-refractivity contribution in [1.82, 2.24) is 0 Å². The van der Waals surface area contributed by atoms with Crippen molar-refractivity contribution in [3.8, 4) is 23.0 Å². The number of ketones is 1. The van der Waals surface area contributed by atoms with E-state index in [1.165, 1.54) is 5.56 Å². The Bertz CT molecular complexity index is 937. The van der Waals surface area contributed by atoms with Crippen molar-refractivity contribution < 1.29 is 28.2 Å². The number of hydrogen-bond acceptors (Lipinski definition) is 5. The van der Waals surface area contributed by atoms with E-state index in [2.05, 4.69) is 20.2 Å². The molecule has 0 N–H and O–H groups in total. The van der Waals surface area contributed by atoms with Crippen LogP contribution in [0.1, 0.15) is 29.2 Å². The number of rotatable bonds is 6. The Hall–Kier alpha value is -2.73. The predicted octanol–water partition coefficient (Wildman–Crippen LogP) is 3.31. The Morgan fingerprint density at radius 1 is 1.17 bits per heavy atom. The van der Waals surface area contributed by atoms with Gasteiger partial charge in [-0.05, 0) is 17.7 Å². The van der Waals surface area contributed by atoms with E-state index >= 15 is 0 Å². The van der Waals surface area contributed by atoms with Crippen LogP contribution in [-0.4, -0.2) is 51.9 Å². The standard InChI is InChI=1S/C23H28NO5/c1-24(2)10-9-16-12-20-22(29-14-28-20)23(27-4)21(16)18(24)13-17(25)11-15-7-5-6-8-19(15)26-3/h5-8,12,18H,9-11,13-14H2,1-4H3/q+1/t18-/m1/s1. The number of methoxy groups -OCH3 is 2. The summed E-state index contributed by atoms with van der Waals surface area (Å²) in [6, 6.07) is 9.73. The molecule has 0 radical (unpaired) electrons. The molecule has 4 rings (SSSR count). The van der Waals surface area contributed by atoms with E-state index in [-0.39, 0.29) is 18.6 Å². The minimum Gasteiger partial charge on any atom is -0.496 e. The summed E-state index contributed by atoms with van der Waals surface area (Å²) in [6.07, 6.45) is 1.68. The molecule has 29 heavy (non-hydrogen) atoms. The number of fused-ring (bicyclic) bond motifs is 2. The van der Waals surface area contributed by atoms with Crippen LogP contribution >= 0.6 is 0 Å². The zero-order valence-corrected chi connectivity index (χ0v) is 17.5. The lowest BCUT2D eigenvalue weighted by atomic mass is 9.86. The van der Waals surface area contributed by atoms with Crippen LogP contribution in [0.25, 0.3) is 0 Å². The van der Waals surface area contributed by atoms with Crippen LogP contribution < -0.4 is 18.9 Å². The first-order valence-electron chi connectivity index (χ1n) is 9.90. The third-order valence-electron chi connectivity index (χ3n) is 6.08. The van der Waals surface area contributed by atoms with Crippen LogP contribution in [0, 0.1) is 0 Å². The molecule has 0 amide bonds. The van der Waals surface area contributed by atoms with Gasteiger partial charge in [-0.3, -0.25) is 4.79 Å². The molecule has 0 bridgehead atoms. The van der Waals surface area contributed by atoms with E-state index < -0.39 is 0 Å². The van der Waals surface area contributed by atoms with Crippen LogP contribution in [0.15, 0.2) is 30.3 Å². The normalized spacial score (nSPS) is 18.8. The summed E-state index contributed by atoms with van der Waals surface area (Å²) in [5.74, 6) is 3.01. The summed E-state index contributed by atoms with van der Waals surface area (Å²) in [6.45, 7) is 1.15. The van der Waals surface area contributed by atoms with Gasteiger partial charge in [0.25, 0.3) is 0 Å². The lowest BCUT2D eigenvalue weighted by Crippen LogP contribution is -2.48. The highest BCUT2D eigenvalue weighted by atomic mass is 16.7. The molecule has 2 heterocycles. The summed E-state index contributed by atoms with van der Waals surface area (Å²) in [5, 5.41) is 0. The molecule has 0 saturated carbocycles. The lowest BCUT2D eigenvalue weighted by Gasteiger charge is -2.43. The zero-order chi connectivity index (χ0) is 20.6. The van der Waals surface area contributed by atoms with Crippen LogP contribution in [0.3, 0.4) is 0 Å².